The Kier molecular flexibility index (Phi) is 5.48. The molecule has 6 nitrogen and oxygen atoms in total. The van der Waals surface area contributed by atoms with Crippen LogP contribution >= 0.6 is 11.6 Å². The SMILES string of the molecule is COc1ccc(Cl)cc1NC(=O)NC[C@@H]1COC2(CCCCC2)O1. The fraction of sp³-hybridized carbons (Fsp3) is 0.588. The summed E-state index contributed by atoms with van der Waals surface area (Å²) >= 11 is 5.96. The van der Waals surface area contributed by atoms with Gasteiger partial charge in [-0.3, -0.25) is 0 Å². The van der Waals surface area contributed by atoms with Gasteiger partial charge in [-0.2, -0.15) is 0 Å². The average Bonchev–Trinajstić information content (AvgIpc) is 2.96. The van der Waals surface area contributed by atoms with E-state index in [1.807, 2.05) is 0 Å². The highest BCUT2D eigenvalue weighted by atomic mass is 35.5. The van der Waals surface area contributed by atoms with Crippen molar-refractivity contribution in [2.24, 2.45) is 0 Å². The van der Waals surface area contributed by atoms with Crippen molar-refractivity contribution < 1.29 is 19.0 Å². The third kappa shape index (κ3) is 4.12. The van der Waals surface area contributed by atoms with Crippen LogP contribution < -0.4 is 15.4 Å². The first-order valence-electron chi connectivity index (χ1n) is 8.30. The standard InChI is InChI=1S/C17H23ClN2O4/c1-22-15-6-5-12(18)9-14(15)20-16(21)19-10-13-11-23-17(24-13)7-3-2-4-8-17/h5-6,9,13H,2-4,7-8,10-11H2,1H3,(H2,19,20,21)/t13-/m1/s1. The molecule has 0 aromatic heterocycles. The van der Waals surface area contributed by atoms with Gasteiger partial charge in [0.25, 0.3) is 0 Å². The second-order valence-corrected chi connectivity index (χ2v) is 6.64. The van der Waals surface area contributed by atoms with Gasteiger partial charge in [-0.25, -0.2) is 4.79 Å². The summed E-state index contributed by atoms with van der Waals surface area (Å²) in [5.74, 6) is 0.133. The molecule has 1 saturated carbocycles. The van der Waals surface area contributed by atoms with Crippen LogP contribution in [-0.2, 0) is 9.47 Å². The Morgan fingerprint density at radius 3 is 2.92 bits per heavy atom. The highest BCUT2D eigenvalue weighted by Gasteiger charge is 2.42. The van der Waals surface area contributed by atoms with Gasteiger partial charge in [0, 0.05) is 24.4 Å². The maximum absolute atomic E-state index is 12.1. The number of methoxy groups -OCH3 is 1. The zero-order chi connectivity index (χ0) is 17.0. The molecule has 1 heterocycles. The van der Waals surface area contributed by atoms with Gasteiger partial charge < -0.3 is 24.8 Å². The number of urea groups is 1. The number of rotatable bonds is 4. The van der Waals surface area contributed by atoms with Gasteiger partial charge in [0.2, 0.25) is 0 Å². The minimum Gasteiger partial charge on any atom is -0.495 e. The topological polar surface area (TPSA) is 68.8 Å². The third-order valence-corrected chi connectivity index (χ3v) is 4.66. The normalized spacial score (nSPS) is 22.3. The minimum absolute atomic E-state index is 0.116. The Hall–Kier alpha value is -1.50. The summed E-state index contributed by atoms with van der Waals surface area (Å²) in [4.78, 5) is 12.1. The lowest BCUT2D eigenvalue weighted by atomic mass is 9.94. The highest BCUT2D eigenvalue weighted by Crippen LogP contribution is 2.37. The summed E-state index contributed by atoms with van der Waals surface area (Å²) in [6.07, 6.45) is 5.27. The van der Waals surface area contributed by atoms with Crippen molar-refractivity contribution >= 4 is 23.3 Å². The zero-order valence-corrected chi connectivity index (χ0v) is 14.5. The van der Waals surface area contributed by atoms with Crippen LogP contribution in [0.2, 0.25) is 5.02 Å². The molecular formula is C17H23ClN2O4. The van der Waals surface area contributed by atoms with Crippen molar-refractivity contribution in [1.29, 1.82) is 0 Å². The van der Waals surface area contributed by atoms with Crippen LogP contribution in [0.15, 0.2) is 18.2 Å². The molecule has 7 heteroatoms. The zero-order valence-electron chi connectivity index (χ0n) is 13.8. The maximum atomic E-state index is 12.1. The van der Waals surface area contributed by atoms with E-state index in [4.69, 9.17) is 25.8 Å². The van der Waals surface area contributed by atoms with Crippen LogP contribution in [-0.4, -0.2) is 38.2 Å². The van der Waals surface area contributed by atoms with Crippen molar-refractivity contribution in [1.82, 2.24) is 5.32 Å². The Morgan fingerprint density at radius 1 is 1.38 bits per heavy atom. The van der Waals surface area contributed by atoms with Crippen molar-refractivity contribution in [3.8, 4) is 5.75 Å². The molecule has 1 atom stereocenters. The van der Waals surface area contributed by atoms with Gasteiger partial charge in [0.1, 0.15) is 11.9 Å². The molecule has 1 aliphatic heterocycles. The van der Waals surface area contributed by atoms with Crippen LogP contribution in [0.5, 0.6) is 5.75 Å². The van der Waals surface area contributed by atoms with Gasteiger partial charge in [-0.05, 0) is 31.0 Å². The first-order valence-corrected chi connectivity index (χ1v) is 8.68. The predicted octanol–water partition coefficient (Wildman–Crippen LogP) is 3.55. The van der Waals surface area contributed by atoms with Crippen molar-refractivity contribution in [3.05, 3.63) is 23.2 Å². The monoisotopic (exact) mass is 354 g/mol. The second-order valence-electron chi connectivity index (χ2n) is 6.20. The number of carbonyl (C=O) groups is 1. The molecule has 1 aliphatic carbocycles. The fourth-order valence-corrected chi connectivity index (χ4v) is 3.39. The molecule has 2 fully saturated rings. The summed E-state index contributed by atoms with van der Waals surface area (Å²) in [5, 5.41) is 6.08. The minimum atomic E-state index is -0.419. The molecule has 1 aromatic carbocycles. The van der Waals surface area contributed by atoms with E-state index in [1.165, 1.54) is 6.42 Å². The van der Waals surface area contributed by atoms with Crippen LogP contribution in [0.4, 0.5) is 10.5 Å². The van der Waals surface area contributed by atoms with E-state index in [-0.39, 0.29) is 12.1 Å². The lowest BCUT2D eigenvalue weighted by Crippen LogP contribution is -2.38. The van der Waals surface area contributed by atoms with Gasteiger partial charge in [-0.15, -0.1) is 0 Å². The Labute approximate surface area is 146 Å². The molecular weight excluding hydrogens is 332 g/mol. The number of nitrogens with one attached hydrogen (secondary N) is 2. The van der Waals surface area contributed by atoms with Gasteiger partial charge in [0.05, 0.1) is 19.4 Å². The smallest absolute Gasteiger partial charge is 0.319 e. The molecule has 1 saturated heterocycles. The number of amides is 2. The average molecular weight is 355 g/mol. The number of hydrogen-bond donors (Lipinski definition) is 2. The molecule has 132 valence electrons. The highest BCUT2D eigenvalue weighted by molar-refractivity contribution is 6.31. The molecule has 3 rings (SSSR count). The number of ether oxygens (including phenoxy) is 3. The molecule has 1 aromatic rings. The van der Waals surface area contributed by atoms with Gasteiger partial charge >= 0.3 is 6.03 Å². The molecule has 0 unspecified atom stereocenters. The first kappa shape index (κ1) is 17.3. The molecule has 2 N–H and O–H groups in total. The summed E-state index contributed by atoms with van der Waals surface area (Å²) < 4.78 is 17.1. The van der Waals surface area contributed by atoms with Crippen molar-refractivity contribution in [2.45, 2.75) is 44.0 Å². The van der Waals surface area contributed by atoms with Crippen LogP contribution in [0.1, 0.15) is 32.1 Å². The van der Waals surface area contributed by atoms with E-state index in [1.54, 1.807) is 25.3 Å². The summed E-state index contributed by atoms with van der Waals surface area (Å²) in [7, 11) is 1.54. The number of halogens is 1. The number of benzene rings is 1. The van der Waals surface area contributed by atoms with E-state index < -0.39 is 5.79 Å². The molecule has 2 aliphatic rings. The van der Waals surface area contributed by atoms with Gasteiger partial charge in [-0.1, -0.05) is 18.0 Å². The van der Waals surface area contributed by atoms with Crippen molar-refractivity contribution in [3.63, 3.8) is 0 Å². The number of hydrogen-bond acceptors (Lipinski definition) is 4. The number of carbonyl (C=O) groups excluding carboxylic acids is 1. The van der Waals surface area contributed by atoms with E-state index in [0.29, 0.717) is 29.6 Å². The quantitative estimate of drug-likeness (QED) is 0.867. The van der Waals surface area contributed by atoms with E-state index in [2.05, 4.69) is 10.6 Å². The van der Waals surface area contributed by atoms with E-state index >= 15 is 0 Å². The fourth-order valence-electron chi connectivity index (χ4n) is 3.22. The van der Waals surface area contributed by atoms with E-state index in [9.17, 15) is 4.79 Å². The number of anilines is 1. The Morgan fingerprint density at radius 2 is 2.17 bits per heavy atom. The lowest BCUT2D eigenvalue weighted by Gasteiger charge is -2.31. The third-order valence-electron chi connectivity index (χ3n) is 4.43. The summed E-state index contributed by atoms with van der Waals surface area (Å²) in [6.45, 7) is 0.914. The maximum Gasteiger partial charge on any atom is 0.319 e. The molecule has 0 radical (unpaired) electrons. The molecule has 1 spiro atoms. The lowest BCUT2D eigenvalue weighted by molar-refractivity contribution is -0.186. The van der Waals surface area contributed by atoms with Crippen LogP contribution in [0.3, 0.4) is 0 Å². The van der Waals surface area contributed by atoms with Crippen molar-refractivity contribution in [2.75, 3.05) is 25.6 Å². The largest absolute Gasteiger partial charge is 0.495 e. The van der Waals surface area contributed by atoms with Crippen LogP contribution in [0, 0.1) is 0 Å². The molecule has 24 heavy (non-hydrogen) atoms. The second kappa shape index (κ2) is 7.59. The molecule has 2 amide bonds. The summed E-state index contributed by atoms with van der Waals surface area (Å²) in [5.41, 5.74) is 0.523. The Bertz CT molecular complexity index is 590. The van der Waals surface area contributed by atoms with Crippen LogP contribution in [0.25, 0.3) is 0 Å². The first-order chi connectivity index (χ1) is 11.6. The van der Waals surface area contributed by atoms with Gasteiger partial charge in [0.15, 0.2) is 5.79 Å². The summed E-state index contributed by atoms with van der Waals surface area (Å²) in [6, 6.07) is 4.73. The predicted molar refractivity (Wildman–Crippen MR) is 91.7 cm³/mol. The van der Waals surface area contributed by atoms with E-state index in [0.717, 1.165) is 25.7 Å². The molecule has 0 bridgehead atoms. The Balaban J connectivity index is 1.49.